The maximum absolute atomic E-state index is 11.5. The second-order valence-corrected chi connectivity index (χ2v) is 4.85. The van der Waals surface area contributed by atoms with E-state index in [1.54, 1.807) is 30.5 Å². The van der Waals surface area contributed by atoms with Crippen LogP contribution in [0.4, 0.5) is 0 Å². The Kier molecular flexibility index (Phi) is 4.03. The zero-order valence-electron chi connectivity index (χ0n) is 11.8. The van der Waals surface area contributed by atoms with Crippen LogP contribution in [0.25, 0.3) is 0 Å². The van der Waals surface area contributed by atoms with Crippen LogP contribution >= 0.6 is 0 Å². The van der Waals surface area contributed by atoms with E-state index in [-0.39, 0.29) is 5.97 Å². The number of ether oxygens (including phenoxy) is 2. The van der Waals surface area contributed by atoms with Crippen LogP contribution in [-0.2, 0) is 10.3 Å². The lowest BCUT2D eigenvalue weighted by Gasteiger charge is -2.26. The second kappa shape index (κ2) is 5.74. The molecule has 104 valence electrons. The Morgan fingerprint density at radius 1 is 1.15 bits per heavy atom. The summed E-state index contributed by atoms with van der Waals surface area (Å²) in [5.74, 6) is 0.217. The summed E-state index contributed by atoms with van der Waals surface area (Å²) in [6, 6.07) is 12.6. The fraction of sp³-hybridized carbons (Fsp3) is 0.250. The van der Waals surface area contributed by atoms with Crippen LogP contribution in [0.15, 0.2) is 48.7 Å². The third kappa shape index (κ3) is 3.15. The number of nitrogens with zero attached hydrogens (tertiary/aromatic N) is 1. The van der Waals surface area contributed by atoms with Crippen LogP contribution in [0, 0.1) is 0 Å². The smallest absolute Gasteiger partial charge is 0.337 e. The van der Waals surface area contributed by atoms with E-state index in [1.165, 1.54) is 7.11 Å². The predicted octanol–water partition coefficient (Wildman–Crippen LogP) is 3.18. The monoisotopic (exact) mass is 271 g/mol. The maximum atomic E-state index is 11.5. The quantitative estimate of drug-likeness (QED) is 0.801. The number of carbonyl (C=O) groups excluding carboxylic acids is 1. The van der Waals surface area contributed by atoms with E-state index in [0.29, 0.717) is 11.3 Å². The van der Waals surface area contributed by atoms with Gasteiger partial charge < -0.3 is 9.47 Å². The maximum Gasteiger partial charge on any atom is 0.337 e. The van der Waals surface area contributed by atoms with Gasteiger partial charge in [0.2, 0.25) is 0 Å². The molecule has 4 nitrogen and oxygen atoms in total. The number of carbonyl (C=O) groups is 1. The highest BCUT2D eigenvalue weighted by Gasteiger charge is 2.24. The standard InChI is InChI=1S/C16H17NO3/c1-16(2,14-9-4-5-10-17-14)20-13-8-6-7-12(11-13)15(18)19-3/h4-11H,1-3H3. The second-order valence-electron chi connectivity index (χ2n) is 4.85. The molecular formula is C16H17NO3. The minimum Gasteiger partial charge on any atom is -0.482 e. The van der Waals surface area contributed by atoms with Gasteiger partial charge in [-0.05, 0) is 44.2 Å². The van der Waals surface area contributed by atoms with Gasteiger partial charge in [0.05, 0.1) is 18.4 Å². The Balaban J connectivity index is 2.23. The van der Waals surface area contributed by atoms with Crippen molar-refractivity contribution in [3.8, 4) is 5.75 Å². The molecule has 0 saturated heterocycles. The molecule has 0 bridgehead atoms. The summed E-state index contributed by atoms with van der Waals surface area (Å²) < 4.78 is 10.7. The average molecular weight is 271 g/mol. The lowest BCUT2D eigenvalue weighted by Crippen LogP contribution is -2.26. The first-order valence-electron chi connectivity index (χ1n) is 6.32. The molecule has 0 atom stereocenters. The van der Waals surface area contributed by atoms with Crippen molar-refractivity contribution in [3.63, 3.8) is 0 Å². The van der Waals surface area contributed by atoms with Gasteiger partial charge in [0, 0.05) is 6.20 Å². The number of pyridine rings is 1. The summed E-state index contributed by atoms with van der Waals surface area (Å²) in [5.41, 5.74) is 0.695. The van der Waals surface area contributed by atoms with Crippen molar-refractivity contribution in [2.24, 2.45) is 0 Å². The molecule has 4 heteroatoms. The minimum atomic E-state index is -0.587. The van der Waals surface area contributed by atoms with Gasteiger partial charge in [0.1, 0.15) is 11.4 Å². The number of esters is 1. The van der Waals surface area contributed by atoms with Gasteiger partial charge >= 0.3 is 5.97 Å². The molecule has 1 aromatic carbocycles. The molecule has 0 radical (unpaired) electrons. The van der Waals surface area contributed by atoms with Gasteiger partial charge in [-0.2, -0.15) is 0 Å². The van der Waals surface area contributed by atoms with Crippen molar-refractivity contribution in [3.05, 3.63) is 59.9 Å². The Morgan fingerprint density at radius 3 is 2.60 bits per heavy atom. The van der Waals surface area contributed by atoms with E-state index in [2.05, 4.69) is 4.98 Å². The largest absolute Gasteiger partial charge is 0.482 e. The van der Waals surface area contributed by atoms with E-state index in [4.69, 9.17) is 9.47 Å². The first-order valence-corrected chi connectivity index (χ1v) is 6.32. The molecule has 0 saturated carbocycles. The highest BCUT2D eigenvalue weighted by atomic mass is 16.5. The molecule has 1 heterocycles. The molecule has 0 aliphatic heterocycles. The summed E-state index contributed by atoms with van der Waals surface area (Å²) in [4.78, 5) is 15.8. The van der Waals surface area contributed by atoms with Gasteiger partial charge in [0.25, 0.3) is 0 Å². The van der Waals surface area contributed by atoms with Crippen molar-refractivity contribution in [1.29, 1.82) is 0 Å². The molecule has 0 aliphatic carbocycles. The number of aromatic nitrogens is 1. The number of rotatable bonds is 4. The Labute approximate surface area is 118 Å². The van der Waals surface area contributed by atoms with E-state index < -0.39 is 5.60 Å². The van der Waals surface area contributed by atoms with Crippen molar-refractivity contribution in [1.82, 2.24) is 4.98 Å². The van der Waals surface area contributed by atoms with E-state index in [0.717, 1.165) is 5.69 Å². The molecular weight excluding hydrogens is 254 g/mol. The van der Waals surface area contributed by atoms with Crippen LogP contribution in [0.5, 0.6) is 5.75 Å². The van der Waals surface area contributed by atoms with E-state index in [9.17, 15) is 4.79 Å². The van der Waals surface area contributed by atoms with Gasteiger partial charge in [0.15, 0.2) is 0 Å². The van der Waals surface area contributed by atoms with E-state index >= 15 is 0 Å². The Bertz CT molecular complexity index is 594. The van der Waals surface area contributed by atoms with E-state index in [1.807, 2.05) is 32.0 Å². The first kappa shape index (κ1) is 14.1. The van der Waals surface area contributed by atoms with Crippen LogP contribution in [0.2, 0.25) is 0 Å². The first-order chi connectivity index (χ1) is 9.53. The molecule has 0 amide bonds. The molecule has 0 aliphatic rings. The summed E-state index contributed by atoms with van der Waals surface area (Å²) in [7, 11) is 1.35. The van der Waals surface area contributed by atoms with Crippen LogP contribution in [0.3, 0.4) is 0 Å². The number of hydrogen-bond donors (Lipinski definition) is 0. The van der Waals surface area contributed by atoms with Gasteiger partial charge in [-0.1, -0.05) is 12.1 Å². The molecule has 2 aromatic rings. The lowest BCUT2D eigenvalue weighted by atomic mass is 10.0. The average Bonchev–Trinajstić information content (AvgIpc) is 2.47. The zero-order chi connectivity index (χ0) is 14.6. The highest BCUT2D eigenvalue weighted by Crippen LogP contribution is 2.26. The fourth-order valence-corrected chi connectivity index (χ4v) is 1.87. The number of methoxy groups -OCH3 is 1. The summed E-state index contributed by atoms with van der Waals surface area (Å²) in [6.45, 7) is 3.86. The van der Waals surface area contributed by atoms with Crippen molar-refractivity contribution < 1.29 is 14.3 Å². The third-order valence-electron chi connectivity index (χ3n) is 2.91. The predicted molar refractivity (Wildman–Crippen MR) is 75.7 cm³/mol. The van der Waals surface area contributed by atoms with Crippen LogP contribution < -0.4 is 4.74 Å². The minimum absolute atomic E-state index is 0.383. The molecule has 0 spiro atoms. The SMILES string of the molecule is COC(=O)c1cccc(OC(C)(C)c2ccccn2)c1. The lowest BCUT2D eigenvalue weighted by molar-refractivity contribution is 0.0597. The topological polar surface area (TPSA) is 48.4 Å². The van der Waals surface area contributed by atoms with Crippen LogP contribution in [-0.4, -0.2) is 18.1 Å². The molecule has 1 aromatic heterocycles. The Hall–Kier alpha value is -2.36. The van der Waals surface area contributed by atoms with Crippen LogP contribution in [0.1, 0.15) is 29.9 Å². The third-order valence-corrected chi connectivity index (χ3v) is 2.91. The highest BCUT2D eigenvalue weighted by molar-refractivity contribution is 5.89. The van der Waals surface area contributed by atoms with Gasteiger partial charge in [-0.15, -0.1) is 0 Å². The normalized spacial score (nSPS) is 10.9. The number of hydrogen-bond acceptors (Lipinski definition) is 4. The Morgan fingerprint density at radius 2 is 1.95 bits per heavy atom. The fourth-order valence-electron chi connectivity index (χ4n) is 1.87. The molecule has 0 fully saturated rings. The number of benzene rings is 1. The summed E-state index contributed by atoms with van der Waals surface area (Å²) in [6.07, 6.45) is 1.73. The molecule has 0 unspecified atom stereocenters. The molecule has 20 heavy (non-hydrogen) atoms. The van der Waals surface area contributed by atoms with Crippen molar-refractivity contribution in [2.75, 3.05) is 7.11 Å². The summed E-state index contributed by atoms with van der Waals surface area (Å²) >= 11 is 0. The van der Waals surface area contributed by atoms with Crippen molar-refractivity contribution in [2.45, 2.75) is 19.4 Å². The molecule has 0 N–H and O–H groups in total. The molecule has 2 rings (SSSR count). The van der Waals surface area contributed by atoms with Gasteiger partial charge in [-0.25, -0.2) is 4.79 Å². The van der Waals surface area contributed by atoms with Crippen molar-refractivity contribution >= 4 is 5.97 Å². The zero-order valence-corrected chi connectivity index (χ0v) is 11.8. The summed E-state index contributed by atoms with van der Waals surface area (Å²) in [5, 5.41) is 0. The van der Waals surface area contributed by atoms with Gasteiger partial charge in [-0.3, -0.25) is 4.98 Å².